The van der Waals surface area contributed by atoms with E-state index in [-0.39, 0.29) is 5.41 Å². The van der Waals surface area contributed by atoms with Gasteiger partial charge in [0.2, 0.25) is 0 Å². The predicted octanol–water partition coefficient (Wildman–Crippen LogP) is 12.1. The minimum absolute atomic E-state index is 0.310. The normalized spacial score (nSPS) is 13.1. The van der Waals surface area contributed by atoms with Crippen LogP contribution in [0, 0.1) is 0 Å². The van der Waals surface area contributed by atoms with Crippen LogP contribution in [0.2, 0.25) is 0 Å². The highest BCUT2D eigenvalue weighted by molar-refractivity contribution is 5.96. The molecule has 0 amide bonds. The Bertz CT molecular complexity index is 2420. The fraction of sp³-hybridized carbons (Fsp3) is 0.0208. The number of rotatable bonds is 4. The highest BCUT2D eigenvalue weighted by atomic mass is 14.7. The van der Waals surface area contributed by atoms with Gasteiger partial charge in [-0.05, 0) is 85.0 Å². The zero-order valence-electron chi connectivity index (χ0n) is 26.8. The van der Waals surface area contributed by atoms with Gasteiger partial charge in [0.1, 0.15) is 0 Å². The van der Waals surface area contributed by atoms with Crippen LogP contribution < -0.4 is 0 Å². The van der Waals surface area contributed by atoms with Crippen molar-refractivity contribution in [1.29, 1.82) is 0 Å². The van der Waals surface area contributed by atoms with Gasteiger partial charge in [-0.15, -0.1) is 0 Å². The van der Waals surface area contributed by atoms with Crippen LogP contribution >= 0.6 is 0 Å². The summed E-state index contributed by atoms with van der Waals surface area (Å²) in [6.45, 7) is 0. The molecular weight excluding hydrogens is 591 g/mol. The topological polar surface area (TPSA) is 12.9 Å². The largest absolute Gasteiger partial charge is 0.248 e. The van der Waals surface area contributed by atoms with Gasteiger partial charge in [0.25, 0.3) is 0 Å². The van der Waals surface area contributed by atoms with Crippen molar-refractivity contribution < 1.29 is 0 Å². The van der Waals surface area contributed by atoms with E-state index in [9.17, 15) is 0 Å². The van der Waals surface area contributed by atoms with Gasteiger partial charge in [0.05, 0.1) is 16.8 Å². The molecule has 8 aromatic rings. The molecule has 228 valence electrons. The first-order chi connectivity index (χ1) is 24.3. The van der Waals surface area contributed by atoms with Crippen molar-refractivity contribution >= 4 is 0 Å². The van der Waals surface area contributed by atoms with Crippen molar-refractivity contribution in [3.05, 3.63) is 210 Å². The summed E-state index contributed by atoms with van der Waals surface area (Å²) in [5, 5.41) is 0. The number of fused-ring (bicyclic) bond motifs is 10. The highest BCUT2D eigenvalue weighted by Crippen LogP contribution is 2.62. The molecule has 1 nitrogen and oxygen atoms in total. The minimum Gasteiger partial charge on any atom is -0.248 e. The average Bonchev–Trinajstić information content (AvgIpc) is 3.65. The van der Waals surface area contributed by atoms with E-state index in [0.29, 0.717) is 0 Å². The van der Waals surface area contributed by atoms with Crippen molar-refractivity contribution in [3.8, 4) is 67.0 Å². The summed E-state index contributed by atoms with van der Waals surface area (Å²) in [5.74, 6) is 0. The van der Waals surface area contributed by atoms with E-state index in [1.807, 2.05) is 12.1 Å². The first-order valence-electron chi connectivity index (χ1n) is 17.0. The molecule has 1 heterocycles. The van der Waals surface area contributed by atoms with E-state index in [1.54, 1.807) is 0 Å². The van der Waals surface area contributed by atoms with Crippen molar-refractivity contribution in [1.82, 2.24) is 4.98 Å². The Labute approximate surface area is 286 Å². The van der Waals surface area contributed by atoms with Crippen molar-refractivity contribution in [2.45, 2.75) is 5.41 Å². The first-order valence-corrected chi connectivity index (χ1v) is 17.0. The van der Waals surface area contributed by atoms with Gasteiger partial charge in [-0.1, -0.05) is 170 Å². The second-order valence-corrected chi connectivity index (χ2v) is 13.1. The standard InChI is InChI=1S/C48H31N/c1-3-13-34(14-4-1)46-30-37(31-47(49-46)35-15-5-2-6-16-35)33-25-23-32(24-26-33)36-27-28-45-41(29-36)40-19-9-12-22-44(40)48(45)42-20-10-7-17-38(42)39-18-8-11-21-43(39)48/h1-31H. The van der Waals surface area contributed by atoms with Gasteiger partial charge in [0, 0.05) is 11.1 Å². The molecule has 1 heteroatoms. The molecule has 0 aliphatic heterocycles. The van der Waals surface area contributed by atoms with Crippen molar-refractivity contribution in [2.75, 3.05) is 0 Å². The molecule has 0 unspecified atom stereocenters. The number of hydrogen-bond acceptors (Lipinski definition) is 1. The first kappa shape index (κ1) is 27.8. The average molecular weight is 622 g/mol. The second-order valence-electron chi connectivity index (χ2n) is 13.1. The fourth-order valence-electron chi connectivity index (χ4n) is 8.35. The third-order valence-corrected chi connectivity index (χ3v) is 10.5. The molecule has 0 radical (unpaired) electrons. The molecule has 7 aromatic carbocycles. The lowest BCUT2D eigenvalue weighted by Crippen LogP contribution is -2.25. The Hall–Kier alpha value is -6.31. The van der Waals surface area contributed by atoms with E-state index in [1.165, 1.54) is 61.2 Å². The molecule has 0 fully saturated rings. The van der Waals surface area contributed by atoms with Gasteiger partial charge < -0.3 is 0 Å². The van der Waals surface area contributed by atoms with E-state index in [0.717, 1.165) is 28.1 Å². The quantitative estimate of drug-likeness (QED) is 0.191. The van der Waals surface area contributed by atoms with Crippen LogP contribution in [0.5, 0.6) is 0 Å². The van der Waals surface area contributed by atoms with Crippen molar-refractivity contribution in [3.63, 3.8) is 0 Å². The second kappa shape index (κ2) is 10.9. The van der Waals surface area contributed by atoms with Gasteiger partial charge in [-0.3, -0.25) is 0 Å². The number of nitrogens with zero attached hydrogens (tertiary/aromatic N) is 1. The maximum absolute atomic E-state index is 5.07. The summed E-state index contributed by atoms with van der Waals surface area (Å²) in [7, 11) is 0. The number of aromatic nitrogens is 1. The molecule has 0 saturated carbocycles. The molecule has 1 spiro atoms. The van der Waals surface area contributed by atoms with Crippen LogP contribution in [0.3, 0.4) is 0 Å². The van der Waals surface area contributed by atoms with Crippen LogP contribution in [0.15, 0.2) is 188 Å². The zero-order valence-corrected chi connectivity index (χ0v) is 26.8. The number of hydrogen-bond donors (Lipinski definition) is 0. The summed E-state index contributed by atoms with van der Waals surface area (Å²) in [4.78, 5) is 5.07. The Morgan fingerprint density at radius 1 is 0.265 bits per heavy atom. The van der Waals surface area contributed by atoms with E-state index in [4.69, 9.17) is 4.98 Å². The van der Waals surface area contributed by atoms with E-state index in [2.05, 4.69) is 176 Å². The molecular formula is C48H31N. The summed E-state index contributed by atoms with van der Waals surface area (Å²) in [5.41, 5.74) is 19.4. The SMILES string of the molecule is c1ccc(-c2cc(-c3ccc(-c4ccc5c(c4)-c4ccccc4C54c5ccccc5-c5ccccc54)cc3)cc(-c3ccccc3)n2)cc1. The third-order valence-electron chi connectivity index (χ3n) is 10.5. The van der Waals surface area contributed by atoms with Gasteiger partial charge >= 0.3 is 0 Å². The van der Waals surface area contributed by atoms with Crippen LogP contribution in [-0.4, -0.2) is 4.98 Å². The van der Waals surface area contributed by atoms with Crippen LogP contribution in [0.25, 0.3) is 67.0 Å². The summed E-state index contributed by atoms with van der Waals surface area (Å²) >= 11 is 0. The van der Waals surface area contributed by atoms with Crippen LogP contribution in [0.4, 0.5) is 0 Å². The van der Waals surface area contributed by atoms with Gasteiger partial charge in [-0.25, -0.2) is 4.98 Å². The Kier molecular flexibility index (Phi) is 6.16. The Balaban J connectivity index is 1.08. The van der Waals surface area contributed by atoms with Crippen LogP contribution in [0.1, 0.15) is 22.3 Å². The third kappa shape index (κ3) is 4.16. The van der Waals surface area contributed by atoms with Gasteiger partial charge in [-0.2, -0.15) is 0 Å². The Morgan fingerprint density at radius 2 is 0.653 bits per heavy atom. The fourth-order valence-corrected chi connectivity index (χ4v) is 8.35. The summed E-state index contributed by atoms with van der Waals surface area (Å²) in [6, 6.07) is 68.4. The maximum atomic E-state index is 5.07. The van der Waals surface area contributed by atoms with Crippen molar-refractivity contribution in [2.24, 2.45) is 0 Å². The van der Waals surface area contributed by atoms with Gasteiger partial charge in [0.15, 0.2) is 0 Å². The lowest BCUT2D eigenvalue weighted by molar-refractivity contribution is 0.794. The highest BCUT2D eigenvalue weighted by Gasteiger charge is 2.51. The maximum Gasteiger partial charge on any atom is 0.0725 e. The molecule has 0 bridgehead atoms. The number of pyridine rings is 1. The van der Waals surface area contributed by atoms with E-state index >= 15 is 0 Å². The minimum atomic E-state index is -0.310. The molecule has 1 aromatic heterocycles. The molecule has 49 heavy (non-hydrogen) atoms. The lowest BCUT2D eigenvalue weighted by atomic mass is 9.70. The number of benzene rings is 7. The lowest BCUT2D eigenvalue weighted by Gasteiger charge is -2.30. The zero-order chi connectivity index (χ0) is 32.4. The molecule has 10 rings (SSSR count). The molecule has 0 saturated heterocycles. The monoisotopic (exact) mass is 621 g/mol. The molecule has 2 aliphatic carbocycles. The summed E-state index contributed by atoms with van der Waals surface area (Å²) < 4.78 is 0. The predicted molar refractivity (Wildman–Crippen MR) is 202 cm³/mol. The molecule has 0 N–H and O–H groups in total. The Morgan fingerprint density at radius 3 is 1.16 bits per heavy atom. The van der Waals surface area contributed by atoms with Crippen LogP contribution in [-0.2, 0) is 5.41 Å². The summed E-state index contributed by atoms with van der Waals surface area (Å²) in [6.07, 6.45) is 0. The molecule has 0 atom stereocenters. The van der Waals surface area contributed by atoms with E-state index < -0.39 is 0 Å². The molecule has 2 aliphatic rings. The smallest absolute Gasteiger partial charge is 0.0725 e.